The lowest BCUT2D eigenvalue weighted by molar-refractivity contribution is 0.0712. The van der Waals surface area contributed by atoms with Crippen molar-refractivity contribution in [3.8, 4) is 0 Å². The van der Waals surface area contributed by atoms with Crippen molar-refractivity contribution >= 4 is 33.1 Å². The Morgan fingerprint density at radius 2 is 2.15 bits per heavy atom. The molecular weight excluding hydrogens is 270 g/mol. The Morgan fingerprint density at radius 3 is 2.75 bits per heavy atom. The minimum atomic E-state index is 0.0139. The highest BCUT2D eigenvalue weighted by molar-refractivity contribution is 7.21. The van der Waals surface area contributed by atoms with E-state index in [1.54, 1.807) is 0 Å². The monoisotopic (exact) mass is 291 g/mol. The highest BCUT2D eigenvalue weighted by atomic mass is 32.1. The third kappa shape index (κ3) is 2.63. The quantitative estimate of drug-likeness (QED) is 0.938. The number of nitrogen functional groups attached to an aromatic ring is 1. The molecule has 0 saturated carbocycles. The lowest BCUT2D eigenvalue weighted by Crippen LogP contribution is -2.37. The maximum Gasteiger partial charge on any atom is 0.266 e. The molecule has 0 aliphatic carbocycles. The van der Waals surface area contributed by atoms with Crippen molar-refractivity contribution in [3.05, 3.63) is 22.7 Å². The van der Waals surface area contributed by atoms with Crippen LogP contribution in [0.25, 0.3) is 10.2 Å². The van der Waals surface area contributed by atoms with E-state index in [1.807, 2.05) is 37.8 Å². The molecule has 20 heavy (non-hydrogen) atoms. The molecule has 0 fully saturated rings. The van der Waals surface area contributed by atoms with Crippen LogP contribution in [0.15, 0.2) is 12.1 Å². The Labute approximate surface area is 123 Å². The number of thiophene rings is 1. The molecule has 0 unspecified atom stereocenters. The van der Waals surface area contributed by atoms with Crippen molar-refractivity contribution < 1.29 is 4.79 Å². The van der Waals surface area contributed by atoms with Crippen LogP contribution < -0.4 is 5.73 Å². The Balaban J connectivity index is 2.46. The molecule has 108 valence electrons. The Bertz CT molecular complexity index is 633. The summed E-state index contributed by atoms with van der Waals surface area (Å²) in [4.78, 5) is 20.5. The molecule has 2 N–H and O–H groups in total. The van der Waals surface area contributed by atoms with E-state index in [0.29, 0.717) is 10.6 Å². The molecule has 0 aromatic carbocycles. The minimum absolute atomic E-state index is 0.0139. The first-order valence-corrected chi connectivity index (χ1v) is 7.74. The minimum Gasteiger partial charge on any atom is -0.397 e. The summed E-state index contributed by atoms with van der Waals surface area (Å²) in [5.74, 6) is 0.0139. The van der Waals surface area contributed by atoms with Crippen LogP contribution in [0.2, 0.25) is 0 Å². The van der Waals surface area contributed by atoms with E-state index in [0.717, 1.165) is 28.9 Å². The van der Waals surface area contributed by atoms with Gasteiger partial charge in [0.15, 0.2) is 0 Å². The molecule has 0 atom stereocenters. The standard InChI is InChI=1S/C15H21N3OS/c1-5-8-18(9(2)3)15(19)13-12(16)11-7-6-10(4)17-14(11)20-13/h6-7,9H,5,8,16H2,1-4H3. The van der Waals surface area contributed by atoms with E-state index in [1.165, 1.54) is 11.3 Å². The van der Waals surface area contributed by atoms with Gasteiger partial charge in [-0.15, -0.1) is 11.3 Å². The lowest BCUT2D eigenvalue weighted by atomic mass is 10.2. The second kappa shape index (κ2) is 5.79. The molecule has 4 nitrogen and oxygen atoms in total. The zero-order chi connectivity index (χ0) is 14.9. The average Bonchev–Trinajstić information content (AvgIpc) is 2.71. The number of fused-ring (bicyclic) bond motifs is 1. The highest BCUT2D eigenvalue weighted by Gasteiger charge is 2.23. The number of carbonyl (C=O) groups excluding carboxylic acids is 1. The van der Waals surface area contributed by atoms with E-state index in [2.05, 4.69) is 11.9 Å². The van der Waals surface area contributed by atoms with Crippen molar-refractivity contribution in [3.63, 3.8) is 0 Å². The molecule has 0 aliphatic rings. The van der Waals surface area contributed by atoms with Crippen molar-refractivity contribution in [1.29, 1.82) is 0 Å². The number of pyridine rings is 1. The van der Waals surface area contributed by atoms with E-state index in [4.69, 9.17) is 5.73 Å². The van der Waals surface area contributed by atoms with Crippen molar-refractivity contribution in [2.75, 3.05) is 12.3 Å². The Kier molecular flexibility index (Phi) is 4.28. The highest BCUT2D eigenvalue weighted by Crippen LogP contribution is 2.33. The predicted octanol–water partition coefficient (Wildman–Crippen LogP) is 3.45. The molecule has 1 amide bonds. The zero-order valence-electron chi connectivity index (χ0n) is 12.4. The van der Waals surface area contributed by atoms with Gasteiger partial charge >= 0.3 is 0 Å². The molecule has 2 aromatic rings. The van der Waals surface area contributed by atoms with Crippen LogP contribution in [0.1, 0.15) is 42.6 Å². The SMILES string of the molecule is CCCN(C(=O)c1sc2nc(C)ccc2c1N)C(C)C. The van der Waals surface area contributed by atoms with Crippen molar-refractivity contribution in [2.24, 2.45) is 0 Å². The second-order valence-corrected chi connectivity index (χ2v) is 6.24. The summed E-state index contributed by atoms with van der Waals surface area (Å²) < 4.78 is 0. The predicted molar refractivity (Wildman–Crippen MR) is 85.2 cm³/mol. The van der Waals surface area contributed by atoms with E-state index < -0.39 is 0 Å². The maximum absolute atomic E-state index is 12.7. The fraction of sp³-hybridized carbons (Fsp3) is 0.467. The fourth-order valence-corrected chi connectivity index (χ4v) is 3.31. The summed E-state index contributed by atoms with van der Waals surface area (Å²) >= 11 is 1.39. The lowest BCUT2D eigenvalue weighted by Gasteiger charge is -2.25. The first kappa shape index (κ1) is 14.8. The van der Waals surface area contributed by atoms with Gasteiger partial charge in [-0.25, -0.2) is 4.98 Å². The molecular formula is C15H21N3OS. The number of nitrogens with two attached hydrogens (primary N) is 1. The number of aryl methyl sites for hydroxylation is 1. The number of amides is 1. The van der Waals surface area contributed by atoms with Crippen LogP contribution in [0.5, 0.6) is 0 Å². The number of rotatable bonds is 4. The molecule has 0 bridgehead atoms. The van der Waals surface area contributed by atoms with Gasteiger partial charge in [-0.3, -0.25) is 4.79 Å². The number of hydrogen-bond donors (Lipinski definition) is 1. The third-order valence-electron chi connectivity index (χ3n) is 3.28. The molecule has 0 aliphatic heterocycles. The van der Waals surface area contributed by atoms with Gasteiger partial charge in [-0.1, -0.05) is 6.92 Å². The topological polar surface area (TPSA) is 59.2 Å². The molecule has 2 aromatic heterocycles. The zero-order valence-corrected chi connectivity index (χ0v) is 13.3. The molecule has 0 radical (unpaired) electrons. The Hall–Kier alpha value is -1.62. The van der Waals surface area contributed by atoms with Gasteiger partial charge in [-0.2, -0.15) is 0 Å². The van der Waals surface area contributed by atoms with Crippen molar-refractivity contribution in [2.45, 2.75) is 40.2 Å². The van der Waals surface area contributed by atoms with E-state index in [-0.39, 0.29) is 11.9 Å². The number of carbonyl (C=O) groups is 1. The largest absolute Gasteiger partial charge is 0.397 e. The summed E-state index contributed by atoms with van der Waals surface area (Å²) in [6.07, 6.45) is 0.937. The van der Waals surface area contributed by atoms with Crippen LogP contribution in [0.3, 0.4) is 0 Å². The van der Waals surface area contributed by atoms with E-state index >= 15 is 0 Å². The summed E-state index contributed by atoms with van der Waals surface area (Å²) in [5.41, 5.74) is 7.64. The van der Waals surface area contributed by atoms with Gasteiger partial charge in [-0.05, 0) is 39.3 Å². The molecule has 0 spiro atoms. The van der Waals surface area contributed by atoms with Crippen molar-refractivity contribution in [1.82, 2.24) is 9.88 Å². The Morgan fingerprint density at radius 1 is 1.45 bits per heavy atom. The number of hydrogen-bond acceptors (Lipinski definition) is 4. The molecule has 5 heteroatoms. The summed E-state index contributed by atoms with van der Waals surface area (Å²) in [7, 11) is 0. The summed E-state index contributed by atoms with van der Waals surface area (Å²) in [5, 5.41) is 0.879. The third-order valence-corrected chi connectivity index (χ3v) is 4.38. The second-order valence-electron chi connectivity index (χ2n) is 5.24. The smallest absolute Gasteiger partial charge is 0.266 e. The van der Waals surface area contributed by atoms with Crippen LogP contribution in [0, 0.1) is 6.92 Å². The van der Waals surface area contributed by atoms with Gasteiger partial charge in [0, 0.05) is 23.7 Å². The number of anilines is 1. The molecule has 2 heterocycles. The number of aromatic nitrogens is 1. The maximum atomic E-state index is 12.7. The van der Waals surface area contributed by atoms with E-state index in [9.17, 15) is 4.79 Å². The fourth-order valence-electron chi connectivity index (χ4n) is 2.21. The first-order chi connectivity index (χ1) is 9.45. The normalized spacial score (nSPS) is 11.2. The van der Waals surface area contributed by atoms with Crippen LogP contribution in [-0.2, 0) is 0 Å². The van der Waals surface area contributed by atoms with Crippen LogP contribution in [0.4, 0.5) is 5.69 Å². The van der Waals surface area contributed by atoms with Gasteiger partial charge in [0.1, 0.15) is 9.71 Å². The van der Waals surface area contributed by atoms with Gasteiger partial charge in [0.05, 0.1) is 5.69 Å². The van der Waals surface area contributed by atoms with Gasteiger partial charge in [0.25, 0.3) is 5.91 Å². The number of nitrogens with zero attached hydrogens (tertiary/aromatic N) is 2. The average molecular weight is 291 g/mol. The van der Waals surface area contributed by atoms with Gasteiger partial charge in [0.2, 0.25) is 0 Å². The summed E-state index contributed by atoms with van der Waals surface area (Å²) in [6, 6.07) is 4.04. The van der Waals surface area contributed by atoms with Crippen LogP contribution >= 0.6 is 11.3 Å². The van der Waals surface area contributed by atoms with Crippen LogP contribution in [-0.4, -0.2) is 28.4 Å². The molecule has 2 rings (SSSR count). The first-order valence-electron chi connectivity index (χ1n) is 6.92. The summed E-state index contributed by atoms with van der Waals surface area (Å²) in [6.45, 7) is 8.81. The molecule has 0 saturated heterocycles. The van der Waals surface area contributed by atoms with Gasteiger partial charge < -0.3 is 10.6 Å².